The van der Waals surface area contributed by atoms with Gasteiger partial charge in [-0.1, -0.05) is 12.1 Å². The van der Waals surface area contributed by atoms with Crippen LogP contribution in [0.15, 0.2) is 41.5 Å². The Kier molecular flexibility index (Phi) is 5.72. The monoisotopic (exact) mass is 331 g/mol. The summed E-state index contributed by atoms with van der Waals surface area (Å²) in [6.45, 7) is 3.46. The van der Waals surface area contributed by atoms with E-state index in [1.165, 1.54) is 24.5 Å². The number of aryl methyl sites for hydroxylation is 1. The lowest BCUT2D eigenvalue weighted by Gasteiger charge is -2.33. The van der Waals surface area contributed by atoms with Crippen LogP contribution in [0.1, 0.15) is 17.7 Å². The van der Waals surface area contributed by atoms with Gasteiger partial charge in [0.25, 0.3) is 5.56 Å². The van der Waals surface area contributed by atoms with Crippen LogP contribution in [-0.2, 0) is 17.6 Å². The Labute approximate surface area is 140 Å². The normalized spacial score (nSPS) is 18.6. The summed E-state index contributed by atoms with van der Waals surface area (Å²) in [4.78, 5) is 20.3. The second kappa shape index (κ2) is 8.17. The summed E-state index contributed by atoms with van der Waals surface area (Å²) in [5.74, 6) is -0.196. The summed E-state index contributed by atoms with van der Waals surface area (Å²) in [6.07, 6.45) is 4.09. The van der Waals surface area contributed by atoms with Crippen molar-refractivity contribution in [3.63, 3.8) is 0 Å². The summed E-state index contributed by atoms with van der Waals surface area (Å²) in [5, 5.41) is 0. The number of ether oxygens (including phenoxy) is 1. The number of nitrogens with one attached hydrogen (secondary N) is 1. The molecular formula is C18H22FN3O2. The maximum absolute atomic E-state index is 12.9. The van der Waals surface area contributed by atoms with E-state index >= 15 is 0 Å². The molecule has 1 N–H and O–H groups in total. The van der Waals surface area contributed by atoms with Gasteiger partial charge in [0.15, 0.2) is 0 Å². The molecule has 0 aliphatic carbocycles. The molecule has 1 aliphatic heterocycles. The van der Waals surface area contributed by atoms with E-state index in [1.54, 1.807) is 0 Å². The van der Waals surface area contributed by atoms with E-state index in [1.807, 2.05) is 12.1 Å². The minimum atomic E-state index is -0.196. The lowest BCUT2D eigenvalue weighted by Crippen LogP contribution is -2.43. The van der Waals surface area contributed by atoms with Crippen LogP contribution in [0, 0.1) is 5.82 Å². The number of hydrogen-bond acceptors (Lipinski definition) is 4. The Morgan fingerprint density at radius 3 is 2.92 bits per heavy atom. The molecule has 1 saturated heterocycles. The van der Waals surface area contributed by atoms with Crippen molar-refractivity contribution in [3.05, 3.63) is 64.1 Å². The minimum Gasteiger partial charge on any atom is -0.376 e. The Bertz CT molecular complexity index is 702. The summed E-state index contributed by atoms with van der Waals surface area (Å²) in [7, 11) is 0. The third-order valence-electron chi connectivity index (χ3n) is 4.31. The molecule has 3 rings (SSSR count). The molecule has 1 aliphatic rings. The second-order valence-corrected chi connectivity index (χ2v) is 6.11. The smallest absolute Gasteiger partial charge is 0.250 e. The average molecular weight is 331 g/mol. The lowest BCUT2D eigenvalue weighted by molar-refractivity contribution is -0.0314. The highest BCUT2D eigenvalue weighted by Crippen LogP contribution is 2.12. The van der Waals surface area contributed by atoms with E-state index < -0.39 is 0 Å². The van der Waals surface area contributed by atoms with Crippen molar-refractivity contribution >= 4 is 0 Å². The van der Waals surface area contributed by atoms with Crippen molar-refractivity contribution in [3.8, 4) is 0 Å². The average Bonchev–Trinajstić information content (AvgIpc) is 2.60. The van der Waals surface area contributed by atoms with E-state index in [4.69, 9.17) is 4.74 Å². The summed E-state index contributed by atoms with van der Waals surface area (Å²) < 4.78 is 18.8. The molecule has 2 aromatic rings. The molecule has 1 aromatic heterocycles. The Morgan fingerprint density at radius 1 is 1.29 bits per heavy atom. The fourth-order valence-corrected chi connectivity index (χ4v) is 2.95. The zero-order chi connectivity index (χ0) is 16.8. The molecule has 0 bridgehead atoms. The Balaban J connectivity index is 1.45. The number of hydrogen-bond donors (Lipinski definition) is 1. The van der Waals surface area contributed by atoms with Crippen molar-refractivity contribution < 1.29 is 9.13 Å². The predicted molar refractivity (Wildman–Crippen MR) is 89.5 cm³/mol. The van der Waals surface area contributed by atoms with Gasteiger partial charge in [0.2, 0.25) is 0 Å². The third kappa shape index (κ3) is 4.97. The number of aromatic nitrogens is 2. The molecule has 1 aromatic carbocycles. The van der Waals surface area contributed by atoms with Crippen molar-refractivity contribution in [2.75, 3.05) is 26.2 Å². The maximum atomic E-state index is 12.9. The molecule has 2 heterocycles. The Hall–Kier alpha value is -2.05. The van der Waals surface area contributed by atoms with Gasteiger partial charge < -0.3 is 9.72 Å². The molecule has 0 unspecified atom stereocenters. The number of aromatic amines is 1. The molecule has 6 heteroatoms. The first kappa shape index (κ1) is 16.8. The van der Waals surface area contributed by atoms with Crippen LogP contribution >= 0.6 is 0 Å². The predicted octanol–water partition coefficient (Wildman–Crippen LogP) is 1.79. The zero-order valence-corrected chi connectivity index (χ0v) is 13.6. The topological polar surface area (TPSA) is 58.2 Å². The van der Waals surface area contributed by atoms with Gasteiger partial charge in [-0.15, -0.1) is 0 Å². The molecule has 0 spiro atoms. The molecule has 1 atom stereocenters. The van der Waals surface area contributed by atoms with Gasteiger partial charge in [-0.3, -0.25) is 9.69 Å². The number of halogens is 1. The first-order valence-electron chi connectivity index (χ1n) is 8.31. The summed E-state index contributed by atoms with van der Waals surface area (Å²) >= 11 is 0. The number of morpholine rings is 1. The van der Waals surface area contributed by atoms with Crippen LogP contribution in [0.25, 0.3) is 0 Å². The fourth-order valence-electron chi connectivity index (χ4n) is 2.95. The van der Waals surface area contributed by atoms with E-state index in [9.17, 15) is 9.18 Å². The number of nitrogens with zero attached hydrogens (tertiary/aromatic N) is 2. The lowest BCUT2D eigenvalue weighted by atomic mass is 10.1. The summed E-state index contributed by atoms with van der Waals surface area (Å²) in [5.41, 5.74) is 1.82. The number of H-pyrrole nitrogens is 1. The Morgan fingerprint density at radius 2 is 2.12 bits per heavy atom. The number of rotatable bonds is 6. The fraction of sp³-hybridized carbons (Fsp3) is 0.444. The van der Waals surface area contributed by atoms with Crippen LogP contribution in [0.3, 0.4) is 0 Å². The second-order valence-electron chi connectivity index (χ2n) is 6.11. The molecule has 24 heavy (non-hydrogen) atoms. The highest BCUT2D eigenvalue weighted by Gasteiger charge is 2.20. The van der Waals surface area contributed by atoms with Crippen LogP contribution in [0.5, 0.6) is 0 Å². The molecule has 5 nitrogen and oxygen atoms in total. The molecule has 1 fully saturated rings. The maximum Gasteiger partial charge on any atom is 0.250 e. The zero-order valence-electron chi connectivity index (χ0n) is 13.6. The number of benzene rings is 1. The first-order chi connectivity index (χ1) is 11.7. The largest absolute Gasteiger partial charge is 0.376 e. The van der Waals surface area contributed by atoms with Crippen LogP contribution < -0.4 is 5.56 Å². The standard InChI is InChI=1S/C18H22FN3O2/c19-15-3-1-14(2-4-15)7-8-22-9-10-24-17(12-22)6-5-16-11-18(23)21-13-20-16/h1-4,11,13,17H,5-10,12H2,(H,20,21,23)/t17-/m1/s1. The highest BCUT2D eigenvalue weighted by molar-refractivity contribution is 5.16. The molecule has 0 saturated carbocycles. The van der Waals surface area contributed by atoms with Gasteiger partial charge in [0, 0.05) is 31.4 Å². The van der Waals surface area contributed by atoms with Crippen molar-refractivity contribution in [2.24, 2.45) is 0 Å². The summed E-state index contributed by atoms with van der Waals surface area (Å²) in [6, 6.07) is 8.23. The van der Waals surface area contributed by atoms with Crippen molar-refractivity contribution in [1.82, 2.24) is 14.9 Å². The highest BCUT2D eigenvalue weighted by atomic mass is 19.1. The van der Waals surface area contributed by atoms with Gasteiger partial charge in [0.1, 0.15) is 5.82 Å². The van der Waals surface area contributed by atoms with Crippen LogP contribution in [-0.4, -0.2) is 47.2 Å². The van der Waals surface area contributed by atoms with Crippen molar-refractivity contribution in [2.45, 2.75) is 25.4 Å². The van der Waals surface area contributed by atoms with E-state index in [0.717, 1.165) is 56.8 Å². The van der Waals surface area contributed by atoms with Gasteiger partial charge in [-0.25, -0.2) is 9.37 Å². The van der Waals surface area contributed by atoms with E-state index in [2.05, 4.69) is 14.9 Å². The quantitative estimate of drug-likeness (QED) is 0.877. The van der Waals surface area contributed by atoms with Gasteiger partial charge in [-0.05, 0) is 37.0 Å². The SMILES string of the molecule is O=c1cc(CC[C@@H]2CN(CCc3ccc(F)cc3)CCO2)nc[nH]1. The van der Waals surface area contributed by atoms with Crippen LogP contribution in [0.2, 0.25) is 0 Å². The minimum absolute atomic E-state index is 0.120. The molecule has 128 valence electrons. The van der Waals surface area contributed by atoms with Gasteiger partial charge in [-0.2, -0.15) is 0 Å². The van der Waals surface area contributed by atoms with E-state index in [0.29, 0.717) is 0 Å². The van der Waals surface area contributed by atoms with Crippen molar-refractivity contribution in [1.29, 1.82) is 0 Å². The third-order valence-corrected chi connectivity index (χ3v) is 4.31. The first-order valence-corrected chi connectivity index (χ1v) is 8.31. The molecule has 0 radical (unpaired) electrons. The van der Waals surface area contributed by atoms with Crippen LogP contribution in [0.4, 0.5) is 4.39 Å². The molecular weight excluding hydrogens is 309 g/mol. The van der Waals surface area contributed by atoms with E-state index in [-0.39, 0.29) is 17.5 Å². The van der Waals surface area contributed by atoms with Gasteiger partial charge >= 0.3 is 0 Å². The van der Waals surface area contributed by atoms with Gasteiger partial charge in [0.05, 0.1) is 19.0 Å². The molecule has 0 amide bonds.